The Labute approximate surface area is 323 Å². The summed E-state index contributed by atoms with van der Waals surface area (Å²) < 4.78 is 6.56. The highest BCUT2D eigenvalue weighted by Crippen LogP contribution is 2.56. The van der Waals surface area contributed by atoms with Gasteiger partial charge in [0.1, 0.15) is 5.52 Å². The second-order valence-corrected chi connectivity index (χ2v) is 14.2. The molecule has 0 N–H and O–H groups in total. The molecule has 0 saturated carbocycles. The lowest BCUT2D eigenvalue weighted by atomic mass is 9.67. The monoisotopic (exact) mass is 716 g/mol. The zero-order valence-electron chi connectivity index (χ0n) is 30.2. The molecule has 0 unspecified atom stereocenters. The first-order valence-corrected chi connectivity index (χ1v) is 18.8. The molecule has 5 heteroatoms. The Hall–Kier alpha value is -7.50. The number of benzene rings is 8. The van der Waals surface area contributed by atoms with Gasteiger partial charge in [0, 0.05) is 27.6 Å². The summed E-state index contributed by atoms with van der Waals surface area (Å²) in [6.45, 7) is 0. The van der Waals surface area contributed by atoms with E-state index in [-0.39, 0.29) is 0 Å². The summed E-state index contributed by atoms with van der Waals surface area (Å²) in [5.41, 5.74) is 11.9. The van der Waals surface area contributed by atoms with Crippen LogP contribution in [0.5, 0.6) is 0 Å². The van der Waals surface area contributed by atoms with Crippen LogP contribution in [-0.2, 0) is 5.41 Å². The summed E-state index contributed by atoms with van der Waals surface area (Å²) in [5.74, 6) is 2.31. The quantitative estimate of drug-likeness (QED) is 0.171. The average Bonchev–Trinajstić information content (AvgIpc) is 3.86. The van der Waals surface area contributed by atoms with E-state index in [0.717, 1.165) is 44.1 Å². The molecule has 5 nitrogen and oxygen atoms in total. The van der Waals surface area contributed by atoms with Crippen LogP contribution in [0.25, 0.3) is 78.6 Å². The Balaban J connectivity index is 1.15. The molecule has 2 aromatic heterocycles. The van der Waals surface area contributed by atoms with Crippen LogP contribution in [0.4, 0.5) is 0 Å². The van der Waals surface area contributed by atoms with Crippen LogP contribution < -0.4 is 0 Å². The predicted molar refractivity (Wildman–Crippen MR) is 224 cm³/mol. The van der Waals surface area contributed by atoms with E-state index < -0.39 is 5.41 Å². The zero-order valence-corrected chi connectivity index (χ0v) is 30.2. The maximum Gasteiger partial charge on any atom is 0.227 e. The fourth-order valence-corrected chi connectivity index (χ4v) is 8.59. The highest BCUT2D eigenvalue weighted by atomic mass is 16.3. The standard InChI is InChI=1S/C51H32N4O/c1-4-16-34(17-5-1)47-53-48(55-49(54-47)41-27-15-20-33-30-31-44-46(45(33)41)56-50(52-44)35-18-6-2-7-19-35)36-21-14-24-38(32-36)51(37-22-8-3-9-23-37)42-28-12-10-25-39(42)40-26-11-13-29-43(40)51/h1-32H. The van der Waals surface area contributed by atoms with Crippen LogP contribution in [0.1, 0.15) is 22.3 Å². The van der Waals surface area contributed by atoms with Gasteiger partial charge in [0.2, 0.25) is 5.89 Å². The number of rotatable bonds is 6. The third-order valence-electron chi connectivity index (χ3n) is 11.0. The minimum Gasteiger partial charge on any atom is -0.435 e. The van der Waals surface area contributed by atoms with Crippen molar-refractivity contribution in [3.05, 3.63) is 216 Å². The third kappa shape index (κ3) is 4.95. The van der Waals surface area contributed by atoms with E-state index in [9.17, 15) is 0 Å². The molecule has 2 heterocycles. The second-order valence-electron chi connectivity index (χ2n) is 14.2. The Bertz CT molecular complexity index is 3040. The highest BCUT2D eigenvalue weighted by molar-refractivity contribution is 6.10. The van der Waals surface area contributed by atoms with E-state index in [1.54, 1.807) is 0 Å². The maximum atomic E-state index is 6.56. The molecule has 0 amide bonds. The van der Waals surface area contributed by atoms with Crippen molar-refractivity contribution in [3.63, 3.8) is 0 Å². The van der Waals surface area contributed by atoms with Gasteiger partial charge in [0.05, 0.1) is 5.41 Å². The maximum absolute atomic E-state index is 6.56. The van der Waals surface area contributed by atoms with Gasteiger partial charge in [-0.05, 0) is 63.0 Å². The van der Waals surface area contributed by atoms with Gasteiger partial charge in [-0.3, -0.25) is 0 Å². The number of nitrogens with zero attached hydrogens (tertiary/aromatic N) is 4. The Morgan fingerprint density at radius 1 is 0.375 bits per heavy atom. The van der Waals surface area contributed by atoms with Gasteiger partial charge in [0.15, 0.2) is 23.1 Å². The summed E-state index contributed by atoms with van der Waals surface area (Å²) >= 11 is 0. The van der Waals surface area contributed by atoms with Crippen molar-refractivity contribution in [1.29, 1.82) is 0 Å². The molecule has 1 aliphatic rings. The Morgan fingerprint density at radius 3 is 1.62 bits per heavy atom. The van der Waals surface area contributed by atoms with E-state index in [2.05, 4.69) is 121 Å². The molecule has 11 rings (SSSR count). The van der Waals surface area contributed by atoms with Crippen molar-refractivity contribution in [2.45, 2.75) is 5.41 Å². The van der Waals surface area contributed by atoms with Gasteiger partial charge in [-0.2, -0.15) is 0 Å². The van der Waals surface area contributed by atoms with Crippen LogP contribution in [0.3, 0.4) is 0 Å². The average molecular weight is 717 g/mol. The summed E-state index contributed by atoms with van der Waals surface area (Å²) in [5, 5.41) is 1.92. The van der Waals surface area contributed by atoms with Gasteiger partial charge in [-0.1, -0.05) is 170 Å². The number of hydrogen-bond donors (Lipinski definition) is 0. The van der Waals surface area contributed by atoms with Crippen LogP contribution in [0, 0.1) is 0 Å². The van der Waals surface area contributed by atoms with Crippen LogP contribution >= 0.6 is 0 Å². The lowest BCUT2D eigenvalue weighted by Crippen LogP contribution is -2.28. The van der Waals surface area contributed by atoms with Crippen molar-refractivity contribution in [1.82, 2.24) is 19.9 Å². The summed E-state index contributed by atoms with van der Waals surface area (Å²) in [6.07, 6.45) is 0. The van der Waals surface area contributed by atoms with Gasteiger partial charge in [-0.15, -0.1) is 0 Å². The van der Waals surface area contributed by atoms with Crippen molar-refractivity contribution in [2.75, 3.05) is 0 Å². The first kappa shape index (κ1) is 32.0. The first-order valence-electron chi connectivity index (χ1n) is 18.8. The lowest BCUT2D eigenvalue weighted by molar-refractivity contribution is 0.623. The Kier molecular flexibility index (Phi) is 7.32. The predicted octanol–water partition coefficient (Wildman–Crippen LogP) is 12.2. The lowest BCUT2D eigenvalue weighted by Gasteiger charge is -2.34. The molecule has 1 aliphatic carbocycles. The largest absolute Gasteiger partial charge is 0.435 e. The molecule has 262 valence electrons. The van der Waals surface area contributed by atoms with Gasteiger partial charge < -0.3 is 4.42 Å². The van der Waals surface area contributed by atoms with Gasteiger partial charge >= 0.3 is 0 Å². The molecule has 0 fully saturated rings. The molecule has 0 bridgehead atoms. The fraction of sp³-hybridized carbons (Fsp3) is 0.0196. The van der Waals surface area contributed by atoms with Crippen molar-refractivity contribution in [2.24, 2.45) is 0 Å². The van der Waals surface area contributed by atoms with E-state index in [1.165, 1.54) is 27.8 Å². The topological polar surface area (TPSA) is 64.7 Å². The van der Waals surface area contributed by atoms with Crippen molar-refractivity contribution >= 4 is 21.9 Å². The number of oxazole rings is 1. The van der Waals surface area contributed by atoms with E-state index in [0.29, 0.717) is 28.9 Å². The van der Waals surface area contributed by atoms with E-state index >= 15 is 0 Å². The third-order valence-corrected chi connectivity index (χ3v) is 11.0. The van der Waals surface area contributed by atoms with Gasteiger partial charge in [0.25, 0.3) is 0 Å². The molecule has 0 spiro atoms. The van der Waals surface area contributed by atoms with Crippen LogP contribution in [0.15, 0.2) is 199 Å². The van der Waals surface area contributed by atoms with E-state index in [1.807, 2.05) is 72.8 Å². The normalized spacial score (nSPS) is 12.8. The van der Waals surface area contributed by atoms with Crippen molar-refractivity contribution < 1.29 is 4.42 Å². The molecule has 56 heavy (non-hydrogen) atoms. The molecule has 0 radical (unpaired) electrons. The molecule has 10 aromatic rings. The minimum atomic E-state index is -0.549. The fourth-order valence-electron chi connectivity index (χ4n) is 8.59. The summed E-state index contributed by atoms with van der Waals surface area (Å²) in [7, 11) is 0. The molecular formula is C51H32N4O. The highest BCUT2D eigenvalue weighted by Gasteiger charge is 2.46. The first-order chi connectivity index (χ1) is 27.8. The van der Waals surface area contributed by atoms with Crippen molar-refractivity contribution in [3.8, 4) is 56.7 Å². The van der Waals surface area contributed by atoms with E-state index in [4.69, 9.17) is 24.4 Å². The summed E-state index contributed by atoms with van der Waals surface area (Å²) in [6, 6.07) is 67.6. The molecular weight excluding hydrogens is 685 g/mol. The number of fused-ring (bicyclic) bond motifs is 6. The summed E-state index contributed by atoms with van der Waals surface area (Å²) in [4.78, 5) is 20.5. The molecule has 0 atom stereocenters. The van der Waals surface area contributed by atoms with Crippen LogP contribution in [0.2, 0.25) is 0 Å². The zero-order chi connectivity index (χ0) is 37.1. The smallest absolute Gasteiger partial charge is 0.227 e. The number of aromatic nitrogens is 4. The molecule has 0 aliphatic heterocycles. The SMILES string of the molecule is c1ccc(-c2nc(-c3cccc(C4(c5ccccc5)c5ccccc5-c5ccccc54)c3)nc(-c3cccc4ccc5nc(-c6ccccc6)oc5c34)n2)cc1. The molecule has 8 aromatic carbocycles. The second kappa shape index (κ2) is 12.8. The number of hydrogen-bond acceptors (Lipinski definition) is 5. The minimum absolute atomic E-state index is 0.549. The Morgan fingerprint density at radius 2 is 0.911 bits per heavy atom. The van der Waals surface area contributed by atoms with Crippen LogP contribution in [-0.4, -0.2) is 19.9 Å². The molecule has 0 saturated heterocycles. The van der Waals surface area contributed by atoms with Gasteiger partial charge in [-0.25, -0.2) is 19.9 Å².